The number of amides is 1. The molecule has 0 saturated carbocycles. The minimum Gasteiger partial charge on any atom is -0.348 e. The van der Waals surface area contributed by atoms with Gasteiger partial charge in [0.05, 0.1) is 21.5 Å². The number of nitrogens with one attached hydrogen (secondary N) is 1. The van der Waals surface area contributed by atoms with Crippen LogP contribution in [0.5, 0.6) is 0 Å². The number of carbonyl (C=O) groups is 1. The summed E-state index contributed by atoms with van der Waals surface area (Å²) in [6.45, 7) is 4.70. The number of imidazole rings is 1. The van der Waals surface area contributed by atoms with E-state index in [0.29, 0.717) is 24.5 Å². The molecule has 0 spiro atoms. The van der Waals surface area contributed by atoms with Crippen molar-refractivity contribution in [3.8, 4) is 5.82 Å². The third-order valence-electron chi connectivity index (χ3n) is 5.43. The van der Waals surface area contributed by atoms with Crippen LogP contribution in [0, 0.1) is 0 Å². The zero-order chi connectivity index (χ0) is 23.4. The van der Waals surface area contributed by atoms with E-state index in [1.54, 1.807) is 53.5 Å². The fourth-order valence-electron chi connectivity index (χ4n) is 3.66. The smallest absolute Gasteiger partial charge is 0.255 e. The summed E-state index contributed by atoms with van der Waals surface area (Å²) in [4.78, 5) is 22.0. The second-order valence-electron chi connectivity index (χ2n) is 7.39. The molecule has 0 saturated heterocycles. The maximum absolute atomic E-state index is 13.0. The third kappa shape index (κ3) is 4.50. The number of nitrogens with zero attached hydrogens (tertiary/aromatic N) is 4. The van der Waals surface area contributed by atoms with Crippen LogP contribution in [0.15, 0.2) is 78.1 Å². The molecule has 0 radical (unpaired) electrons. The molecule has 2 heterocycles. The van der Waals surface area contributed by atoms with Gasteiger partial charge in [-0.1, -0.05) is 38.1 Å². The van der Waals surface area contributed by atoms with Crippen LogP contribution in [0.25, 0.3) is 16.9 Å². The topological polar surface area (TPSA) is 97.2 Å². The van der Waals surface area contributed by atoms with Crippen molar-refractivity contribution in [2.75, 3.05) is 13.1 Å². The maximum atomic E-state index is 13.0. The van der Waals surface area contributed by atoms with Crippen molar-refractivity contribution in [2.24, 2.45) is 0 Å². The van der Waals surface area contributed by atoms with Crippen molar-refractivity contribution >= 4 is 27.0 Å². The molecule has 9 heteroatoms. The Bertz CT molecular complexity index is 1380. The van der Waals surface area contributed by atoms with Gasteiger partial charge in [-0.3, -0.25) is 9.36 Å². The average molecular weight is 464 g/mol. The van der Waals surface area contributed by atoms with Gasteiger partial charge >= 0.3 is 0 Å². The highest BCUT2D eigenvalue weighted by molar-refractivity contribution is 7.89. The van der Waals surface area contributed by atoms with E-state index in [4.69, 9.17) is 0 Å². The highest BCUT2D eigenvalue weighted by Gasteiger charge is 2.21. The SMILES string of the molecule is CCN(CC)S(=O)(=O)c1ccc(CNC(=O)c2cccnc2-n2cnc3ccccc32)cc1. The number of fused-ring (bicyclic) bond motifs is 1. The van der Waals surface area contributed by atoms with E-state index in [1.807, 2.05) is 38.1 Å². The van der Waals surface area contributed by atoms with Crippen molar-refractivity contribution in [1.29, 1.82) is 0 Å². The Labute approximate surface area is 193 Å². The fraction of sp³-hybridized carbons (Fsp3) is 0.208. The standard InChI is InChI=1S/C24H25N5O3S/c1-3-28(4-2)33(31,32)19-13-11-18(12-14-19)16-26-24(30)20-8-7-15-25-23(20)29-17-27-21-9-5-6-10-22(21)29/h5-15,17H,3-4,16H2,1-2H3,(H,26,30). The minimum absolute atomic E-state index is 0.239. The van der Waals surface area contributed by atoms with Crippen LogP contribution in [-0.2, 0) is 16.6 Å². The van der Waals surface area contributed by atoms with Crippen molar-refractivity contribution in [1.82, 2.24) is 24.2 Å². The van der Waals surface area contributed by atoms with Crippen LogP contribution in [0.3, 0.4) is 0 Å². The zero-order valence-electron chi connectivity index (χ0n) is 18.5. The molecule has 1 amide bonds. The van der Waals surface area contributed by atoms with Gasteiger partial charge in [0, 0.05) is 25.8 Å². The molecule has 2 aromatic carbocycles. The van der Waals surface area contributed by atoms with Gasteiger partial charge in [0.15, 0.2) is 5.82 Å². The monoisotopic (exact) mass is 463 g/mol. The first kappa shape index (κ1) is 22.6. The maximum Gasteiger partial charge on any atom is 0.255 e. The third-order valence-corrected chi connectivity index (χ3v) is 7.50. The molecular weight excluding hydrogens is 438 g/mol. The Hall–Kier alpha value is -3.56. The molecule has 0 atom stereocenters. The first-order chi connectivity index (χ1) is 16.0. The Morgan fingerprint density at radius 3 is 2.42 bits per heavy atom. The van der Waals surface area contributed by atoms with Gasteiger partial charge in [0.2, 0.25) is 10.0 Å². The summed E-state index contributed by atoms with van der Waals surface area (Å²) in [6.07, 6.45) is 3.29. The molecular formula is C24H25N5O3S. The highest BCUT2D eigenvalue weighted by Crippen LogP contribution is 2.20. The lowest BCUT2D eigenvalue weighted by Gasteiger charge is -2.18. The lowest BCUT2D eigenvalue weighted by atomic mass is 10.2. The Balaban J connectivity index is 1.52. The van der Waals surface area contributed by atoms with E-state index in [0.717, 1.165) is 16.6 Å². The molecule has 4 aromatic rings. The molecule has 0 aliphatic carbocycles. The van der Waals surface area contributed by atoms with Crippen LogP contribution < -0.4 is 5.32 Å². The fourth-order valence-corrected chi connectivity index (χ4v) is 5.12. The van der Waals surface area contributed by atoms with Gasteiger partial charge in [-0.15, -0.1) is 0 Å². The van der Waals surface area contributed by atoms with E-state index in [1.165, 1.54) is 4.31 Å². The molecule has 1 N–H and O–H groups in total. The largest absolute Gasteiger partial charge is 0.348 e. The van der Waals surface area contributed by atoms with E-state index in [-0.39, 0.29) is 17.3 Å². The number of rotatable bonds is 8. The molecule has 0 aliphatic heterocycles. The number of pyridine rings is 1. The van der Waals surface area contributed by atoms with Crippen LogP contribution in [0.2, 0.25) is 0 Å². The van der Waals surface area contributed by atoms with Crippen molar-refractivity contribution in [3.05, 3.63) is 84.3 Å². The molecule has 2 aromatic heterocycles. The normalized spacial score (nSPS) is 11.7. The average Bonchev–Trinajstić information content (AvgIpc) is 3.27. The summed E-state index contributed by atoms with van der Waals surface area (Å²) >= 11 is 0. The first-order valence-corrected chi connectivity index (χ1v) is 12.1. The Morgan fingerprint density at radius 2 is 1.70 bits per heavy atom. The number of hydrogen-bond donors (Lipinski definition) is 1. The highest BCUT2D eigenvalue weighted by atomic mass is 32.2. The summed E-state index contributed by atoms with van der Waals surface area (Å²) in [6, 6.07) is 17.6. The van der Waals surface area contributed by atoms with Crippen molar-refractivity contribution in [2.45, 2.75) is 25.3 Å². The summed E-state index contributed by atoms with van der Waals surface area (Å²) in [5.41, 5.74) is 2.88. The van der Waals surface area contributed by atoms with Gasteiger partial charge in [0.1, 0.15) is 6.33 Å². The Morgan fingerprint density at radius 1 is 0.970 bits per heavy atom. The van der Waals surface area contributed by atoms with E-state index >= 15 is 0 Å². The quantitative estimate of drug-likeness (QED) is 0.432. The van der Waals surface area contributed by atoms with E-state index in [9.17, 15) is 13.2 Å². The number of carbonyl (C=O) groups excluding carboxylic acids is 1. The molecule has 4 rings (SSSR count). The summed E-state index contributed by atoms with van der Waals surface area (Å²) in [5, 5.41) is 2.90. The van der Waals surface area contributed by atoms with Gasteiger partial charge in [-0.2, -0.15) is 4.31 Å². The van der Waals surface area contributed by atoms with Gasteiger partial charge in [-0.05, 0) is 42.0 Å². The molecule has 170 valence electrons. The van der Waals surface area contributed by atoms with Crippen molar-refractivity contribution in [3.63, 3.8) is 0 Å². The predicted octanol–water partition coefficient (Wildman–Crippen LogP) is 3.38. The molecule has 0 fully saturated rings. The first-order valence-electron chi connectivity index (χ1n) is 10.7. The van der Waals surface area contributed by atoms with Crippen LogP contribution in [-0.4, -0.2) is 46.3 Å². The molecule has 0 bridgehead atoms. The minimum atomic E-state index is -3.51. The zero-order valence-corrected chi connectivity index (χ0v) is 19.3. The van der Waals surface area contributed by atoms with Crippen LogP contribution >= 0.6 is 0 Å². The molecule has 0 aliphatic rings. The lowest BCUT2D eigenvalue weighted by molar-refractivity contribution is 0.0950. The molecule has 0 unspecified atom stereocenters. The Kier molecular flexibility index (Phi) is 6.52. The van der Waals surface area contributed by atoms with Gasteiger partial charge < -0.3 is 5.32 Å². The summed E-state index contributed by atoms with van der Waals surface area (Å²) < 4.78 is 28.5. The van der Waals surface area contributed by atoms with Gasteiger partial charge in [-0.25, -0.2) is 18.4 Å². The molecule has 8 nitrogen and oxygen atoms in total. The second-order valence-corrected chi connectivity index (χ2v) is 9.33. The summed E-state index contributed by atoms with van der Waals surface area (Å²) in [5.74, 6) is 0.208. The van der Waals surface area contributed by atoms with Gasteiger partial charge in [0.25, 0.3) is 5.91 Å². The van der Waals surface area contributed by atoms with Crippen molar-refractivity contribution < 1.29 is 13.2 Å². The number of benzene rings is 2. The van der Waals surface area contributed by atoms with E-state index in [2.05, 4.69) is 15.3 Å². The predicted molar refractivity (Wildman–Crippen MR) is 127 cm³/mol. The van der Waals surface area contributed by atoms with Crippen LogP contribution in [0.4, 0.5) is 0 Å². The summed E-state index contributed by atoms with van der Waals surface area (Å²) in [7, 11) is -3.51. The number of para-hydroxylation sites is 2. The number of aromatic nitrogens is 3. The number of sulfonamides is 1. The van der Waals surface area contributed by atoms with Crippen LogP contribution in [0.1, 0.15) is 29.8 Å². The number of hydrogen-bond acceptors (Lipinski definition) is 5. The van der Waals surface area contributed by atoms with E-state index < -0.39 is 10.0 Å². The molecule has 33 heavy (non-hydrogen) atoms. The lowest BCUT2D eigenvalue weighted by Crippen LogP contribution is -2.30. The second kappa shape index (κ2) is 9.51.